The summed E-state index contributed by atoms with van der Waals surface area (Å²) in [6.45, 7) is 5.98. The van der Waals surface area contributed by atoms with Crippen LogP contribution in [-0.2, 0) is 4.79 Å². The van der Waals surface area contributed by atoms with Crippen LogP contribution in [0.25, 0.3) is 4.91 Å². The van der Waals surface area contributed by atoms with Crippen molar-refractivity contribution < 1.29 is 28.5 Å². The van der Waals surface area contributed by atoms with E-state index < -0.39 is 28.2 Å². The quantitative estimate of drug-likeness (QED) is 0.431. The van der Waals surface area contributed by atoms with Gasteiger partial charge in [0.15, 0.2) is 0 Å². The lowest BCUT2D eigenvalue weighted by atomic mass is 10.1. The number of hydrogen-bond acceptors (Lipinski definition) is 6. The fraction of sp³-hybridized carbons (Fsp3) is 0.304. The van der Waals surface area contributed by atoms with Gasteiger partial charge in [-0.2, -0.15) is 0 Å². The van der Waals surface area contributed by atoms with E-state index in [1.807, 2.05) is 6.07 Å². The summed E-state index contributed by atoms with van der Waals surface area (Å²) in [5.41, 5.74) is 0.147. The van der Waals surface area contributed by atoms with Crippen molar-refractivity contribution in [3.05, 3.63) is 71.4 Å². The van der Waals surface area contributed by atoms with Crippen LogP contribution < -0.4 is 10.1 Å². The molecule has 3 rings (SSSR count). The van der Waals surface area contributed by atoms with Gasteiger partial charge in [0, 0.05) is 12.1 Å². The van der Waals surface area contributed by atoms with Gasteiger partial charge in [-0.25, -0.2) is 9.10 Å². The third kappa shape index (κ3) is 4.90. The molecule has 1 aliphatic rings. The molecule has 1 heterocycles. The largest absolute Gasteiger partial charge is 0.494 e. The SMILES string of the molecule is CC(C)(C)N1C(=O)C(NCCCOc2ccc(C(=O)O)cc2)=C(c2ccccc2)S1(O)O. The van der Waals surface area contributed by atoms with Crippen LogP contribution in [0.3, 0.4) is 0 Å². The standard InChI is InChI=1S/C23H28N2O6S/c1-23(2,3)25-21(26)19(20(32(25,29)30)16-8-5-4-6-9-16)24-14-7-15-31-18-12-10-17(11-13-18)22(27)28/h4-6,8-13,24,29-30H,7,14-15H2,1-3H3,(H,27,28). The Morgan fingerprint density at radius 3 is 2.25 bits per heavy atom. The van der Waals surface area contributed by atoms with Crippen molar-refractivity contribution in [1.29, 1.82) is 0 Å². The molecule has 32 heavy (non-hydrogen) atoms. The average Bonchev–Trinajstić information content (AvgIpc) is 2.93. The number of aromatic carboxylic acids is 1. The van der Waals surface area contributed by atoms with Crippen LogP contribution in [0, 0.1) is 0 Å². The summed E-state index contributed by atoms with van der Waals surface area (Å²) < 4.78 is 28.8. The first-order chi connectivity index (χ1) is 15.0. The summed E-state index contributed by atoms with van der Waals surface area (Å²) in [4.78, 5) is 24.3. The molecule has 0 aromatic heterocycles. The minimum atomic E-state index is -3.51. The van der Waals surface area contributed by atoms with E-state index in [1.54, 1.807) is 57.2 Å². The number of nitrogens with one attached hydrogen (secondary N) is 1. The van der Waals surface area contributed by atoms with E-state index in [1.165, 1.54) is 12.1 Å². The van der Waals surface area contributed by atoms with Crippen molar-refractivity contribution in [1.82, 2.24) is 9.62 Å². The highest BCUT2D eigenvalue weighted by atomic mass is 32.3. The first kappa shape index (κ1) is 23.6. The van der Waals surface area contributed by atoms with Crippen molar-refractivity contribution in [2.24, 2.45) is 0 Å². The molecule has 0 fully saturated rings. The third-order valence-electron chi connectivity index (χ3n) is 4.79. The molecular weight excluding hydrogens is 432 g/mol. The predicted molar refractivity (Wildman–Crippen MR) is 124 cm³/mol. The predicted octanol–water partition coefficient (Wildman–Crippen LogP) is 4.42. The average molecular weight is 461 g/mol. The van der Waals surface area contributed by atoms with Gasteiger partial charge in [-0.15, -0.1) is 0 Å². The Hall–Kier alpha value is -3.01. The molecule has 0 bridgehead atoms. The van der Waals surface area contributed by atoms with E-state index in [2.05, 4.69) is 5.32 Å². The Kier molecular flexibility index (Phi) is 6.82. The second-order valence-corrected chi connectivity index (χ2v) is 10.1. The molecule has 4 N–H and O–H groups in total. The van der Waals surface area contributed by atoms with Crippen molar-refractivity contribution in [2.75, 3.05) is 13.2 Å². The van der Waals surface area contributed by atoms with Crippen LogP contribution >= 0.6 is 10.8 Å². The van der Waals surface area contributed by atoms with E-state index in [0.29, 0.717) is 30.9 Å². The lowest BCUT2D eigenvalue weighted by Gasteiger charge is -2.45. The number of amides is 1. The maximum absolute atomic E-state index is 13.2. The molecule has 1 amide bonds. The Morgan fingerprint density at radius 2 is 1.69 bits per heavy atom. The highest BCUT2D eigenvalue weighted by Crippen LogP contribution is 2.63. The molecule has 0 saturated heterocycles. The molecule has 1 aliphatic heterocycles. The lowest BCUT2D eigenvalue weighted by molar-refractivity contribution is -0.125. The van der Waals surface area contributed by atoms with E-state index >= 15 is 0 Å². The first-order valence-electron chi connectivity index (χ1n) is 10.2. The van der Waals surface area contributed by atoms with Gasteiger partial charge in [0.25, 0.3) is 5.91 Å². The van der Waals surface area contributed by atoms with Crippen molar-refractivity contribution in [3.8, 4) is 5.75 Å². The van der Waals surface area contributed by atoms with Crippen LogP contribution in [0.5, 0.6) is 5.75 Å². The van der Waals surface area contributed by atoms with Gasteiger partial charge in [0.2, 0.25) is 0 Å². The van der Waals surface area contributed by atoms with Gasteiger partial charge in [0.1, 0.15) is 16.4 Å². The van der Waals surface area contributed by atoms with Gasteiger partial charge >= 0.3 is 5.97 Å². The molecule has 0 spiro atoms. The maximum Gasteiger partial charge on any atom is 0.335 e. The lowest BCUT2D eigenvalue weighted by Crippen LogP contribution is -2.45. The van der Waals surface area contributed by atoms with Crippen LogP contribution in [0.4, 0.5) is 0 Å². The number of rotatable bonds is 8. The summed E-state index contributed by atoms with van der Waals surface area (Å²) in [6, 6.07) is 15.0. The van der Waals surface area contributed by atoms with E-state index in [-0.39, 0.29) is 16.2 Å². The minimum Gasteiger partial charge on any atom is -0.494 e. The zero-order valence-corrected chi connectivity index (χ0v) is 19.1. The molecule has 0 radical (unpaired) electrons. The Morgan fingerprint density at radius 1 is 1.06 bits per heavy atom. The van der Waals surface area contributed by atoms with Gasteiger partial charge in [-0.1, -0.05) is 41.1 Å². The molecule has 0 saturated carbocycles. The highest BCUT2D eigenvalue weighted by Gasteiger charge is 2.49. The van der Waals surface area contributed by atoms with E-state index in [4.69, 9.17) is 9.84 Å². The number of carbonyl (C=O) groups is 2. The Bertz CT molecular complexity index is 1010. The number of hydrogen-bond donors (Lipinski definition) is 4. The summed E-state index contributed by atoms with van der Waals surface area (Å²) in [5.74, 6) is -0.912. The molecule has 0 unspecified atom stereocenters. The summed E-state index contributed by atoms with van der Waals surface area (Å²) in [7, 11) is -3.51. The number of nitrogens with zero attached hydrogens (tertiary/aromatic N) is 1. The second-order valence-electron chi connectivity index (χ2n) is 8.32. The summed E-state index contributed by atoms with van der Waals surface area (Å²) in [5, 5.41) is 12.0. The first-order valence-corrected chi connectivity index (χ1v) is 11.7. The van der Waals surface area contributed by atoms with E-state index in [9.17, 15) is 18.7 Å². The molecule has 0 atom stereocenters. The Balaban J connectivity index is 1.71. The number of carbonyl (C=O) groups excluding carboxylic acids is 1. The van der Waals surface area contributed by atoms with Gasteiger partial charge in [-0.05, 0) is 51.5 Å². The number of ether oxygens (including phenoxy) is 1. The maximum atomic E-state index is 13.2. The van der Waals surface area contributed by atoms with Crippen molar-refractivity contribution >= 4 is 27.6 Å². The topological polar surface area (TPSA) is 119 Å². The zero-order chi connectivity index (χ0) is 23.5. The minimum absolute atomic E-state index is 0.178. The van der Waals surface area contributed by atoms with Crippen LogP contribution in [-0.4, -0.2) is 49.1 Å². The molecule has 8 nitrogen and oxygen atoms in total. The molecule has 2 aromatic carbocycles. The van der Waals surface area contributed by atoms with Crippen molar-refractivity contribution in [2.45, 2.75) is 32.7 Å². The normalized spacial score (nSPS) is 16.8. The van der Waals surface area contributed by atoms with Crippen LogP contribution in [0.1, 0.15) is 43.1 Å². The summed E-state index contributed by atoms with van der Waals surface area (Å²) in [6.07, 6.45) is 0.536. The van der Waals surface area contributed by atoms with Gasteiger partial charge in [-0.3, -0.25) is 13.9 Å². The monoisotopic (exact) mass is 460 g/mol. The fourth-order valence-corrected chi connectivity index (χ4v) is 5.60. The highest BCUT2D eigenvalue weighted by molar-refractivity contribution is 8.31. The van der Waals surface area contributed by atoms with Crippen LogP contribution in [0.15, 0.2) is 60.3 Å². The smallest absolute Gasteiger partial charge is 0.335 e. The number of carboxylic acids is 1. The Labute approximate surface area is 189 Å². The van der Waals surface area contributed by atoms with E-state index in [0.717, 1.165) is 4.31 Å². The van der Waals surface area contributed by atoms with Crippen LogP contribution in [0.2, 0.25) is 0 Å². The molecule has 2 aromatic rings. The zero-order valence-electron chi connectivity index (χ0n) is 18.2. The molecule has 172 valence electrons. The molecule has 0 aliphatic carbocycles. The summed E-state index contributed by atoms with van der Waals surface area (Å²) >= 11 is 0. The van der Waals surface area contributed by atoms with Gasteiger partial charge in [0.05, 0.1) is 17.7 Å². The molecular formula is C23H28N2O6S. The van der Waals surface area contributed by atoms with Crippen molar-refractivity contribution in [3.63, 3.8) is 0 Å². The molecule has 9 heteroatoms. The fourth-order valence-electron chi connectivity index (χ4n) is 3.45. The number of benzene rings is 2. The third-order valence-corrected chi connectivity index (χ3v) is 7.00. The number of carboxylic acid groups (broad SMARTS) is 1. The second kappa shape index (κ2) is 9.23. The van der Waals surface area contributed by atoms with Gasteiger partial charge < -0.3 is 15.2 Å².